The zero-order chi connectivity index (χ0) is 48.8. The molecule has 3 saturated heterocycles. The molecule has 1 unspecified atom stereocenters. The molecule has 6 heterocycles. The number of benzene rings is 3. The van der Waals surface area contributed by atoms with Crippen molar-refractivity contribution in [2.45, 2.75) is 89.8 Å². The van der Waals surface area contributed by atoms with Crippen molar-refractivity contribution in [1.29, 1.82) is 0 Å². The smallest absolute Gasteiger partial charge is 0.330 e. The molecule has 4 aliphatic rings. The normalized spacial score (nSPS) is 18.7. The number of imide groups is 1. The standard InChI is InChI=1S/C52H63BrN11O5P/c1-6-32-29-41(57-51-54-31-38(53)49(59-51)56-40-16-15-39-37(48(40)70(4,5)68)14-11-34(7-2)55-39)45(69-3)30-44(32)62-23-20-35(21-24-62)61-27-25-60(26-28-61)22-19-33-9-8-10-42-47(33)63(36-12-13-36)52(67)64(42)43-17-18-46(65)58-50(43)66/h8-11,14-16,29-31,35-36,43H,6-7,12-13,17-28H2,1-5H3,(H,58,65,66)(H2,54,56,57,59). The van der Waals surface area contributed by atoms with E-state index in [1.54, 1.807) is 31.2 Å². The van der Waals surface area contributed by atoms with Crippen LogP contribution in [0.4, 0.5) is 28.8 Å². The number of amides is 2. The summed E-state index contributed by atoms with van der Waals surface area (Å²) in [5.41, 5.74) is 8.44. The number of hydrogen-bond donors (Lipinski definition) is 3. The van der Waals surface area contributed by atoms with Crippen LogP contribution in [0.15, 0.2) is 70.1 Å². The third-order valence-electron chi connectivity index (χ3n) is 14.7. The Kier molecular flexibility index (Phi) is 13.6. The molecule has 1 atom stereocenters. The van der Waals surface area contributed by atoms with Gasteiger partial charge in [-0.1, -0.05) is 32.0 Å². The van der Waals surface area contributed by atoms with Crippen LogP contribution in [0.5, 0.6) is 5.75 Å². The largest absolute Gasteiger partial charge is 0.494 e. The van der Waals surface area contributed by atoms with Gasteiger partial charge in [-0.3, -0.25) is 33.9 Å². The number of ether oxygens (including phenoxy) is 1. The SMILES string of the molecule is CCc1ccc2c(P(C)(C)=O)c(Nc3nc(Nc4cc(CC)c(N5CCC(N6CCN(CCc7cccc8c7n(C7CC7)c(=O)n8C7CCC(=O)NC7=O)CC6)CC5)cc4OC)ncc3Br)ccc2n1. The average Bonchev–Trinajstić information content (AvgIpc) is 4.16. The fourth-order valence-electron chi connectivity index (χ4n) is 10.9. The number of hydrogen-bond acceptors (Lipinski definition) is 13. The summed E-state index contributed by atoms with van der Waals surface area (Å²) in [7, 11) is -1.05. The van der Waals surface area contributed by atoms with Crippen molar-refractivity contribution < 1.29 is 18.9 Å². The summed E-state index contributed by atoms with van der Waals surface area (Å²) >= 11 is 3.64. The van der Waals surface area contributed by atoms with Gasteiger partial charge in [-0.25, -0.2) is 9.78 Å². The Morgan fingerprint density at radius 3 is 2.31 bits per heavy atom. The summed E-state index contributed by atoms with van der Waals surface area (Å²) in [5.74, 6) is 0.969. The first-order valence-corrected chi connectivity index (χ1v) is 28.3. The lowest BCUT2D eigenvalue weighted by Crippen LogP contribution is -2.53. The molecule has 3 N–H and O–H groups in total. The lowest BCUT2D eigenvalue weighted by Gasteiger charge is -2.43. The van der Waals surface area contributed by atoms with Crippen molar-refractivity contribution in [3.05, 3.63) is 92.6 Å². The second kappa shape index (κ2) is 19.9. The average molecular weight is 1030 g/mol. The number of nitrogens with one attached hydrogen (secondary N) is 3. The van der Waals surface area contributed by atoms with E-state index in [4.69, 9.17) is 14.7 Å². The molecule has 3 aromatic carbocycles. The van der Waals surface area contributed by atoms with Crippen LogP contribution in [-0.4, -0.2) is 118 Å². The number of carbonyl (C=O) groups excluding carboxylic acids is 2. The molecule has 0 bridgehead atoms. The molecule has 2 amide bonds. The molecule has 4 fully saturated rings. The number of methoxy groups -OCH3 is 1. The van der Waals surface area contributed by atoms with E-state index in [9.17, 15) is 18.9 Å². The molecule has 3 aliphatic heterocycles. The summed E-state index contributed by atoms with van der Waals surface area (Å²) in [5, 5.41) is 10.9. The molecule has 0 radical (unpaired) electrons. The molecule has 0 spiro atoms. The number of pyridine rings is 1. The van der Waals surface area contributed by atoms with Gasteiger partial charge in [0.25, 0.3) is 0 Å². The highest BCUT2D eigenvalue weighted by molar-refractivity contribution is 9.10. The number of rotatable bonds is 15. The first kappa shape index (κ1) is 48.0. The molecule has 70 heavy (non-hydrogen) atoms. The van der Waals surface area contributed by atoms with Crippen LogP contribution in [0, 0.1) is 0 Å². The van der Waals surface area contributed by atoms with Gasteiger partial charge in [-0.2, -0.15) is 4.98 Å². The van der Waals surface area contributed by atoms with Gasteiger partial charge in [0.05, 0.1) is 39.5 Å². The first-order chi connectivity index (χ1) is 33.8. The minimum atomic E-state index is -2.74. The maximum absolute atomic E-state index is 13.9. The van der Waals surface area contributed by atoms with Gasteiger partial charge in [-0.15, -0.1) is 0 Å². The molecule has 1 saturated carbocycles. The summed E-state index contributed by atoms with van der Waals surface area (Å²) in [4.78, 5) is 60.8. The molecule has 10 rings (SSSR count). The van der Waals surface area contributed by atoms with E-state index in [0.29, 0.717) is 40.1 Å². The molecular formula is C52H63BrN11O5P. The Morgan fingerprint density at radius 1 is 0.829 bits per heavy atom. The van der Waals surface area contributed by atoms with Gasteiger partial charge in [-0.05, 0) is 122 Å². The number of piperazine rings is 1. The van der Waals surface area contributed by atoms with E-state index in [0.717, 1.165) is 135 Å². The van der Waals surface area contributed by atoms with Crippen molar-refractivity contribution in [2.75, 3.05) is 81.8 Å². The highest BCUT2D eigenvalue weighted by atomic mass is 79.9. The van der Waals surface area contributed by atoms with Crippen LogP contribution in [0.1, 0.15) is 81.3 Å². The van der Waals surface area contributed by atoms with Crippen LogP contribution in [0.3, 0.4) is 0 Å². The molecule has 18 heteroatoms. The number of anilines is 5. The summed E-state index contributed by atoms with van der Waals surface area (Å²) in [6.45, 7) is 14.7. The van der Waals surface area contributed by atoms with Gasteiger partial charge in [0, 0.05) is 98.7 Å². The van der Waals surface area contributed by atoms with Gasteiger partial charge in [0.1, 0.15) is 24.8 Å². The zero-order valence-electron chi connectivity index (χ0n) is 40.8. The number of aromatic nitrogens is 5. The number of para-hydroxylation sites is 1. The third kappa shape index (κ3) is 9.61. The van der Waals surface area contributed by atoms with Crippen LogP contribution in [0.2, 0.25) is 0 Å². The van der Waals surface area contributed by atoms with Crippen molar-refractivity contribution in [1.82, 2.24) is 39.2 Å². The van der Waals surface area contributed by atoms with Crippen molar-refractivity contribution in [2.24, 2.45) is 0 Å². The van der Waals surface area contributed by atoms with E-state index in [2.05, 4.69) is 83.6 Å². The monoisotopic (exact) mass is 1030 g/mol. The third-order valence-corrected chi connectivity index (χ3v) is 16.8. The number of fused-ring (bicyclic) bond motifs is 2. The minimum absolute atomic E-state index is 0.141. The number of nitrogens with zero attached hydrogens (tertiary/aromatic N) is 8. The maximum Gasteiger partial charge on any atom is 0.330 e. The van der Waals surface area contributed by atoms with E-state index >= 15 is 0 Å². The second-order valence-corrected chi connectivity index (χ2v) is 23.6. The number of carbonyl (C=O) groups is 2. The number of piperidine rings is 2. The van der Waals surface area contributed by atoms with E-state index in [1.807, 2.05) is 41.0 Å². The molecular weight excluding hydrogens is 970 g/mol. The molecule has 368 valence electrons. The Hall–Kier alpha value is -5.61. The van der Waals surface area contributed by atoms with Gasteiger partial charge < -0.3 is 29.7 Å². The summed E-state index contributed by atoms with van der Waals surface area (Å²) < 4.78 is 24.0. The van der Waals surface area contributed by atoms with Gasteiger partial charge in [0.15, 0.2) is 0 Å². The summed E-state index contributed by atoms with van der Waals surface area (Å²) in [6.07, 6.45) is 8.86. The van der Waals surface area contributed by atoms with E-state index < -0.39 is 19.1 Å². The van der Waals surface area contributed by atoms with Crippen molar-refractivity contribution >= 4 is 91.0 Å². The Balaban J connectivity index is 0.770. The Labute approximate surface area is 417 Å². The summed E-state index contributed by atoms with van der Waals surface area (Å²) in [6, 6.07) is 18.3. The lowest BCUT2D eigenvalue weighted by molar-refractivity contribution is -0.135. The number of halogens is 1. The van der Waals surface area contributed by atoms with Crippen LogP contribution < -0.4 is 36.6 Å². The first-order valence-electron chi connectivity index (χ1n) is 24.9. The van der Waals surface area contributed by atoms with Crippen LogP contribution >= 0.6 is 23.1 Å². The van der Waals surface area contributed by atoms with Gasteiger partial charge in [0.2, 0.25) is 17.8 Å². The predicted molar refractivity (Wildman–Crippen MR) is 282 cm³/mol. The Bertz CT molecular complexity index is 3090. The number of aryl methyl sites for hydroxylation is 2. The second-order valence-electron chi connectivity index (χ2n) is 19.6. The molecule has 3 aromatic heterocycles. The fourth-order valence-corrected chi connectivity index (χ4v) is 12.7. The molecule has 6 aromatic rings. The highest BCUT2D eigenvalue weighted by Crippen LogP contribution is 2.43. The van der Waals surface area contributed by atoms with Crippen molar-refractivity contribution in [3.63, 3.8) is 0 Å². The maximum atomic E-state index is 13.9. The van der Waals surface area contributed by atoms with Crippen molar-refractivity contribution in [3.8, 4) is 5.75 Å². The Morgan fingerprint density at radius 2 is 1.61 bits per heavy atom. The predicted octanol–water partition coefficient (Wildman–Crippen LogP) is 7.91. The molecule has 16 nitrogen and oxygen atoms in total. The van der Waals surface area contributed by atoms with Crippen LogP contribution in [-0.2, 0) is 33.4 Å². The minimum Gasteiger partial charge on any atom is -0.494 e. The van der Waals surface area contributed by atoms with E-state index in [1.165, 1.54) is 11.3 Å². The fraction of sp³-hybridized carbons (Fsp3) is 0.462. The lowest BCUT2D eigenvalue weighted by atomic mass is 9.99. The highest BCUT2D eigenvalue weighted by Gasteiger charge is 2.36. The zero-order valence-corrected chi connectivity index (χ0v) is 43.2. The van der Waals surface area contributed by atoms with Crippen LogP contribution in [0.25, 0.3) is 21.9 Å². The molecule has 1 aliphatic carbocycles. The number of imidazole rings is 1. The topological polar surface area (TPSA) is 172 Å². The van der Waals surface area contributed by atoms with E-state index in [-0.39, 0.29) is 24.1 Å². The van der Waals surface area contributed by atoms with Gasteiger partial charge >= 0.3 is 5.69 Å². The quantitative estimate of drug-likeness (QED) is 0.0670.